The zero-order valence-corrected chi connectivity index (χ0v) is 31.7. The largest absolute Gasteiger partial charge is 0.417 e. The fraction of sp³-hybridized carbons (Fsp3) is 0.657. The Kier molecular flexibility index (Phi) is 10.3. The molecule has 1 aromatic carbocycles. The van der Waals surface area contributed by atoms with Crippen LogP contribution < -0.4 is 9.87 Å². The molecule has 256 valence electrons. The highest BCUT2D eigenvalue weighted by Gasteiger charge is 2.51. The van der Waals surface area contributed by atoms with Crippen molar-refractivity contribution in [3.8, 4) is 5.88 Å². The first-order valence-electron chi connectivity index (χ1n) is 16.5. The molecular weight excluding hydrogens is 621 g/mol. The second-order valence-corrected chi connectivity index (χ2v) is 21.9. The van der Waals surface area contributed by atoms with Crippen LogP contribution in [0, 0.1) is 0 Å². The smallest absolute Gasteiger partial charge is 0.351 e. The molecule has 1 fully saturated rings. The SMILES string of the molecule is CC(C)c1cc(C(C)C)c(S(=O)(=O)Oc2ccn([C@@H]3C=C(CCO[Si](C)(C)C(C)(C)C)[C@H]4OC(C)(C)O[C@H]43)c(=O)n2)c(C(C)C)c1. The fourth-order valence-electron chi connectivity index (χ4n) is 5.84. The molecule has 0 spiro atoms. The molecule has 46 heavy (non-hydrogen) atoms. The molecule has 0 radical (unpaired) electrons. The van der Waals surface area contributed by atoms with E-state index in [-0.39, 0.29) is 39.7 Å². The number of ether oxygens (including phenoxy) is 2. The molecule has 2 heterocycles. The summed E-state index contributed by atoms with van der Waals surface area (Å²) in [6.07, 6.45) is 3.41. The Morgan fingerprint density at radius 3 is 2.09 bits per heavy atom. The minimum atomic E-state index is -4.31. The lowest BCUT2D eigenvalue weighted by Gasteiger charge is -2.36. The van der Waals surface area contributed by atoms with Gasteiger partial charge in [0.2, 0.25) is 5.88 Å². The number of fused-ring (bicyclic) bond motifs is 1. The van der Waals surface area contributed by atoms with Crippen molar-refractivity contribution in [1.82, 2.24) is 9.55 Å². The number of benzene rings is 1. The van der Waals surface area contributed by atoms with Crippen LogP contribution in [-0.4, -0.2) is 50.9 Å². The molecule has 2 aliphatic rings. The summed E-state index contributed by atoms with van der Waals surface area (Å²) in [4.78, 5) is 17.7. The molecule has 11 heteroatoms. The Labute approximate surface area is 277 Å². The molecule has 4 rings (SSSR count). The van der Waals surface area contributed by atoms with Crippen LogP contribution in [0.15, 0.2) is 45.7 Å². The van der Waals surface area contributed by atoms with Gasteiger partial charge in [0.05, 0.1) is 6.04 Å². The number of hydrogen-bond acceptors (Lipinski definition) is 8. The molecule has 2 aromatic rings. The zero-order chi connectivity index (χ0) is 34.6. The molecule has 1 aliphatic carbocycles. The molecule has 1 aliphatic heterocycles. The minimum absolute atomic E-state index is 0.0630. The maximum Gasteiger partial charge on any atom is 0.351 e. The Morgan fingerprint density at radius 2 is 1.59 bits per heavy atom. The van der Waals surface area contributed by atoms with Gasteiger partial charge in [-0.1, -0.05) is 80.5 Å². The Balaban J connectivity index is 1.64. The summed E-state index contributed by atoms with van der Waals surface area (Å²) in [6, 6.07) is 4.84. The summed E-state index contributed by atoms with van der Waals surface area (Å²) < 4.78 is 53.7. The highest BCUT2D eigenvalue weighted by molar-refractivity contribution is 7.87. The lowest BCUT2D eigenvalue weighted by atomic mass is 9.89. The third kappa shape index (κ3) is 7.54. The van der Waals surface area contributed by atoms with Gasteiger partial charge in [-0.3, -0.25) is 4.57 Å². The van der Waals surface area contributed by atoms with Crippen molar-refractivity contribution in [2.45, 2.75) is 147 Å². The second-order valence-electron chi connectivity index (χ2n) is 15.6. The topological polar surface area (TPSA) is 106 Å². The van der Waals surface area contributed by atoms with Crippen LogP contribution in [0.5, 0.6) is 5.88 Å². The van der Waals surface area contributed by atoms with Crippen molar-refractivity contribution in [3.05, 3.63) is 63.2 Å². The normalized spacial score (nSPS) is 21.7. The number of aromatic nitrogens is 2. The van der Waals surface area contributed by atoms with E-state index in [0.29, 0.717) is 24.2 Å². The van der Waals surface area contributed by atoms with Gasteiger partial charge in [0, 0.05) is 18.9 Å². The molecule has 0 saturated carbocycles. The van der Waals surface area contributed by atoms with E-state index in [0.717, 1.165) is 11.1 Å². The first kappa shape index (κ1) is 36.5. The van der Waals surface area contributed by atoms with E-state index in [1.54, 1.807) is 0 Å². The number of rotatable bonds is 11. The first-order valence-corrected chi connectivity index (χ1v) is 20.8. The fourth-order valence-corrected chi connectivity index (χ4v) is 8.46. The molecule has 0 bridgehead atoms. The van der Waals surface area contributed by atoms with E-state index in [1.165, 1.54) is 16.8 Å². The predicted molar refractivity (Wildman–Crippen MR) is 184 cm³/mol. The maximum atomic E-state index is 13.9. The van der Waals surface area contributed by atoms with E-state index in [2.05, 4.69) is 52.7 Å². The van der Waals surface area contributed by atoms with Gasteiger partial charge >= 0.3 is 15.8 Å². The van der Waals surface area contributed by atoms with Crippen molar-refractivity contribution < 1.29 is 26.5 Å². The summed E-state index contributed by atoms with van der Waals surface area (Å²) >= 11 is 0. The van der Waals surface area contributed by atoms with Gasteiger partial charge in [0.15, 0.2) is 14.1 Å². The van der Waals surface area contributed by atoms with Crippen LogP contribution in [0.1, 0.15) is 123 Å². The van der Waals surface area contributed by atoms with Crippen LogP contribution in [-0.2, 0) is 24.0 Å². The standard InChI is InChI=1S/C35H54N2O7SSi/c1-21(2)25-18-26(22(3)4)32(27(19-25)23(5)6)45(39,40)44-29-14-16-37(33(38)36-29)28-20-24(30-31(28)43-35(10,11)42-30)15-17-41-46(12,13)34(7,8)9/h14,16,18-23,28,30-31H,15,17H2,1-13H3/t28-,30-,31+/m1/s1. The van der Waals surface area contributed by atoms with Gasteiger partial charge in [0.25, 0.3) is 0 Å². The van der Waals surface area contributed by atoms with Gasteiger partial charge in [-0.25, -0.2) is 4.79 Å². The number of nitrogens with zero attached hydrogens (tertiary/aromatic N) is 2. The van der Waals surface area contributed by atoms with Gasteiger partial charge in [0.1, 0.15) is 17.1 Å². The van der Waals surface area contributed by atoms with Gasteiger partial charge in [-0.2, -0.15) is 13.4 Å². The first-order chi connectivity index (χ1) is 21.0. The average molecular weight is 675 g/mol. The lowest BCUT2D eigenvalue weighted by molar-refractivity contribution is -0.148. The highest BCUT2D eigenvalue weighted by Crippen LogP contribution is 2.44. The lowest BCUT2D eigenvalue weighted by Crippen LogP contribution is -2.41. The third-order valence-electron chi connectivity index (χ3n) is 9.53. The molecule has 1 aromatic heterocycles. The van der Waals surface area contributed by atoms with E-state index < -0.39 is 42.1 Å². The maximum absolute atomic E-state index is 13.9. The van der Waals surface area contributed by atoms with Crippen molar-refractivity contribution >= 4 is 18.4 Å². The second kappa shape index (κ2) is 12.9. The molecule has 0 amide bonds. The van der Waals surface area contributed by atoms with E-state index in [1.807, 2.05) is 59.8 Å². The van der Waals surface area contributed by atoms with Crippen molar-refractivity contribution in [2.75, 3.05) is 6.61 Å². The van der Waals surface area contributed by atoms with Gasteiger partial charge in [-0.05, 0) is 78.4 Å². The van der Waals surface area contributed by atoms with E-state index in [9.17, 15) is 13.2 Å². The van der Waals surface area contributed by atoms with E-state index >= 15 is 0 Å². The summed E-state index contributed by atoms with van der Waals surface area (Å²) in [7, 11) is -6.24. The summed E-state index contributed by atoms with van der Waals surface area (Å²) in [5.74, 6) is -0.992. The molecule has 3 atom stereocenters. The Bertz CT molecular complexity index is 1610. The van der Waals surface area contributed by atoms with Gasteiger partial charge in [-0.15, -0.1) is 0 Å². The van der Waals surface area contributed by atoms with Crippen LogP contribution in [0.25, 0.3) is 0 Å². The average Bonchev–Trinajstić information content (AvgIpc) is 3.39. The predicted octanol–water partition coefficient (Wildman–Crippen LogP) is 7.79. The molecule has 9 nitrogen and oxygen atoms in total. The van der Waals surface area contributed by atoms with Crippen LogP contribution in [0.2, 0.25) is 18.1 Å². The van der Waals surface area contributed by atoms with Crippen LogP contribution in [0.3, 0.4) is 0 Å². The van der Waals surface area contributed by atoms with E-state index in [4.69, 9.17) is 18.1 Å². The van der Waals surface area contributed by atoms with Crippen molar-refractivity contribution in [1.29, 1.82) is 0 Å². The van der Waals surface area contributed by atoms with Crippen molar-refractivity contribution in [3.63, 3.8) is 0 Å². The Hall–Kier alpha value is -2.31. The summed E-state index contributed by atoms with van der Waals surface area (Å²) in [5, 5.41) is 0.0949. The molecule has 0 N–H and O–H groups in total. The van der Waals surface area contributed by atoms with Crippen LogP contribution in [0.4, 0.5) is 0 Å². The molecule has 1 saturated heterocycles. The summed E-state index contributed by atoms with van der Waals surface area (Å²) in [6.45, 7) is 27.4. The highest BCUT2D eigenvalue weighted by atomic mass is 32.2. The number of hydrogen-bond donors (Lipinski definition) is 0. The molecule has 0 unspecified atom stereocenters. The minimum Gasteiger partial charge on any atom is -0.417 e. The molecular formula is C35H54N2O7SSi. The Morgan fingerprint density at radius 1 is 1.00 bits per heavy atom. The third-order valence-corrected chi connectivity index (χ3v) is 15.4. The quantitative estimate of drug-likeness (QED) is 0.135. The monoisotopic (exact) mass is 674 g/mol. The summed E-state index contributed by atoms with van der Waals surface area (Å²) in [5.41, 5.74) is 2.83. The van der Waals surface area contributed by atoms with Crippen molar-refractivity contribution in [2.24, 2.45) is 0 Å². The van der Waals surface area contributed by atoms with Gasteiger partial charge < -0.3 is 18.1 Å². The van der Waals surface area contributed by atoms with Crippen LogP contribution >= 0.6 is 0 Å². The zero-order valence-electron chi connectivity index (χ0n) is 29.9.